The summed E-state index contributed by atoms with van der Waals surface area (Å²) in [7, 11) is 1.89. The van der Waals surface area contributed by atoms with Crippen LogP contribution in [0.3, 0.4) is 0 Å². The summed E-state index contributed by atoms with van der Waals surface area (Å²) < 4.78 is 0.610. The molecule has 98 valence electrons. The van der Waals surface area contributed by atoms with Crippen LogP contribution in [0, 0.1) is 16.0 Å². The molecule has 1 aromatic rings. The van der Waals surface area contributed by atoms with E-state index in [1.165, 1.54) is 12.3 Å². The molecule has 0 saturated heterocycles. The molecule has 0 spiro atoms. The second kappa shape index (κ2) is 5.19. The predicted octanol–water partition coefficient (Wildman–Crippen LogP) is 1.96. The van der Waals surface area contributed by atoms with Gasteiger partial charge in [0.2, 0.25) is 0 Å². The van der Waals surface area contributed by atoms with Crippen molar-refractivity contribution in [3.8, 4) is 0 Å². The van der Waals surface area contributed by atoms with Crippen LogP contribution in [0.1, 0.15) is 12.8 Å². The molecule has 2 rings (SSSR count). The van der Waals surface area contributed by atoms with Crippen molar-refractivity contribution in [2.75, 3.05) is 18.5 Å². The number of nitro groups is 1. The van der Waals surface area contributed by atoms with Crippen molar-refractivity contribution < 1.29 is 10.0 Å². The summed E-state index contributed by atoms with van der Waals surface area (Å²) in [6.45, 7) is 0.792. The first-order valence-electron chi connectivity index (χ1n) is 5.66. The van der Waals surface area contributed by atoms with Crippen LogP contribution in [0.25, 0.3) is 0 Å². The van der Waals surface area contributed by atoms with Gasteiger partial charge < -0.3 is 10.0 Å². The van der Waals surface area contributed by atoms with Crippen molar-refractivity contribution in [1.82, 2.24) is 4.98 Å². The minimum absolute atomic E-state index is 0.0295. The number of hydrogen-bond donors (Lipinski definition) is 1. The molecule has 1 aliphatic carbocycles. The molecule has 0 aliphatic heterocycles. The summed E-state index contributed by atoms with van der Waals surface area (Å²) >= 11 is 3.30. The topological polar surface area (TPSA) is 79.5 Å². The molecule has 0 radical (unpaired) electrons. The van der Waals surface area contributed by atoms with Gasteiger partial charge in [0.25, 0.3) is 5.69 Å². The zero-order valence-corrected chi connectivity index (χ0v) is 11.5. The van der Waals surface area contributed by atoms with E-state index in [1.54, 1.807) is 0 Å². The average molecular weight is 316 g/mol. The van der Waals surface area contributed by atoms with E-state index < -0.39 is 4.92 Å². The Bertz CT molecular complexity index is 463. The monoisotopic (exact) mass is 315 g/mol. The predicted molar refractivity (Wildman–Crippen MR) is 70.6 cm³/mol. The molecule has 0 aromatic carbocycles. The number of rotatable bonds is 4. The van der Waals surface area contributed by atoms with Gasteiger partial charge in [-0.3, -0.25) is 10.1 Å². The van der Waals surface area contributed by atoms with Crippen LogP contribution < -0.4 is 4.90 Å². The second-order valence-electron chi connectivity index (χ2n) is 4.63. The van der Waals surface area contributed by atoms with E-state index >= 15 is 0 Å². The third-order valence-electron chi connectivity index (χ3n) is 3.12. The summed E-state index contributed by atoms with van der Waals surface area (Å²) in [4.78, 5) is 16.2. The van der Waals surface area contributed by atoms with E-state index in [2.05, 4.69) is 20.9 Å². The molecule has 0 amide bonds. The fourth-order valence-electron chi connectivity index (χ4n) is 2.12. The number of nitrogens with zero attached hydrogens (tertiary/aromatic N) is 3. The fraction of sp³-hybridized carbons (Fsp3) is 0.545. The fourth-order valence-corrected chi connectivity index (χ4v) is 2.76. The lowest BCUT2D eigenvalue weighted by Crippen LogP contribution is -2.37. The van der Waals surface area contributed by atoms with E-state index in [0.29, 0.717) is 16.2 Å². The van der Waals surface area contributed by atoms with Crippen molar-refractivity contribution in [2.45, 2.75) is 18.9 Å². The van der Waals surface area contributed by atoms with E-state index in [-0.39, 0.29) is 11.8 Å². The van der Waals surface area contributed by atoms with Crippen LogP contribution >= 0.6 is 15.9 Å². The number of anilines is 1. The summed E-state index contributed by atoms with van der Waals surface area (Å²) in [5.41, 5.74) is -0.0295. The molecule has 18 heavy (non-hydrogen) atoms. The highest BCUT2D eigenvalue weighted by molar-refractivity contribution is 9.10. The van der Waals surface area contributed by atoms with Crippen molar-refractivity contribution >= 4 is 27.4 Å². The molecule has 0 bridgehead atoms. The molecule has 1 fully saturated rings. The zero-order chi connectivity index (χ0) is 13.3. The molecule has 1 heterocycles. The smallest absolute Gasteiger partial charge is 0.288 e. The summed E-state index contributed by atoms with van der Waals surface area (Å²) in [5.74, 6) is 1.15. The van der Waals surface area contributed by atoms with E-state index in [9.17, 15) is 15.2 Å². The van der Waals surface area contributed by atoms with Gasteiger partial charge in [0.1, 0.15) is 12.0 Å². The van der Waals surface area contributed by atoms with Gasteiger partial charge in [-0.15, -0.1) is 0 Å². The van der Waals surface area contributed by atoms with Crippen molar-refractivity contribution in [2.24, 2.45) is 5.92 Å². The van der Waals surface area contributed by atoms with Gasteiger partial charge in [-0.1, -0.05) is 0 Å². The summed E-state index contributed by atoms with van der Waals surface area (Å²) in [6, 6.07) is 1.45. The van der Waals surface area contributed by atoms with Crippen LogP contribution in [0.5, 0.6) is 0 Å². The Hall–Kier alpha value is -1.21. The van der Waals surface area contributed by atoms with Crippen LogP contribution in [0.4, 0.5) is 11.5 Å². The van der Waals surface area contributed by atoms with E-state index in [0.717, 1.165) is 19.4 Å². The largest absolute Gasteiger partial charge is 0.393 e. The highest BCUT2D eigenvalue weighted by Gasteiger charge is 2.28. The van der Waals surface area contributed by atoms with Crippen molar-refractivity contribution in [3.05, 3.63) is 26.9 Å². The lowest BCUT2D eigenvalue weighted by atomic mass is 9.82. The lowest BCUT2D eigenvalue weighted by molar-refractivity contribution is -0.385. The van der Waals surface area contributed by atoms with Gasteiger partial charge in [-0.25, -0.2) is 4.98 Å². The lowest BCUT2D eigenvalue weighted by Gasteiger charge is -2.35. The molecular weight excluding hydrogens is 302 g/mol. The summed E-state index contributed by atoms with van der Waals surface area (Å²) in [6.07, 6.45) is 2.72. The molecule has 1 saturated carbocycles. The molecule has 6 nitrogen and oxygen atoms in total. The molecular formula is C11H14BrN3O3. The van der Waals surface area contributed by atoms with Crippen LogP contribution in [0.2, 0.25) is 0 Å². The van der Waals surface area contributed by atoms with Gasteiger partial charge in [0.15, 0.2) is 0 Å². The Morgan fingerprint density at radius 2 is 2.33 bits per heavy atom. The maximum atomic E-state index is 10.6. The summed E-state index contributed by atoms with van der Waals surface area (Å²) in [5, 5.41) is 19.8. The highest BCUT2D eigenvalue weighted by atomic mass is 79.9. The Kier molecular flexibility index (Phi) is 3.82. The molecule has 1 N–H and O–H groups in total. The molecule has 1 aliphatic rings. The van der Waals surface area contributed by atoms with Gasteiger partial charge in [0, 0.05) is 19.7 Å². The second-order valence-corrected chi connectivity index (χ2v) is 5.48. The minimum Gasteiger partial charge on any atom is -0.393 e. The van der Waals surface area contributed by atoms with Gasteiger partial charge in [-0.2, -0.15) is 0 Å². The van der Waals surface area contributed by atoms with Crippen LogP contribution in [0.15, 0.2) is 16.7 Å². The molecule has 0 atom stereocenters. The number of aliphatic hydroxyl groups excluding tert-OH is 1. The quantitative estimate of drug-likeness (QED) is 0.678. The zero-order valence-electron chi connectivity index (χ0n) is 9.91. The first-order chi connectivity index (χ1) is 8.47. The Labute approximate surface area is 113 Å². The van der Waals surface area contributed by atoms with Gasteiger partial charge in [0.05, 0.1) is 15.5 Å². The Morgan fingerprint density at radius 1 is 1.67 bits per heavy atom. The maximum Gasteiger partial charge on any atom is 0.288 e. The van der Waals surface area contributed by atoms with Gasteiger partial charge in [-0.05, 0) is 34.7 Å². The Balaban J connectivity index is 2.05. The van der Waals surface area contributed by atoms with E-state index in [4.69, 9.17) is 0 Å². The van der Waals surface area contributed by atoms with Gasteiger partial charge >= 0.3 is 0 Å². The third kappa shape index (κ3) is 2.78. The van der Waals surface area contributed by atoms with Crippen molar-refractivity contribution in [3.63, 3.8) is 0 Å². The minimum atomic E-state index is -0.468. The number of aliphatic hydroxyl groups is 1. The third-order valence-corrected chi connectivity index (χ3v) is 3.71. The first-order valence-corrected chi connectivity index (χ1v) is 6.46. The Morgan fingerprint density at radius 3 is 2.83 bits per heavy atom. The van der Waals surface area contributed by atoms with Crippen LogP contribution in [-0.4, -0.2) is 34.7 Å². The standard InChI is InChI=1S/C11H14BrN3O3/c1-14(6-7-2-9(16)3-7)11-10(12)4-8(5-13-11)15(17)18/h4-5,7,9,16H,2-3,6H2,1H3. The van der Waals surface area contributed by atoms with Crippen molar-refractivity contribution in [1.29, 1.82) is 0 Å². The maximum absolute atomic E-state index is 10.6. The number of hydrogen-bond acceptors (Lipinski definition) is 5. The molecule has 0 unspecified atom stereocenters. The highest BCUT2D eigenvalue weighted by Crippen LogP contribution is 2.31. The van der Waals surface area contributed by atoms with E-state index in [1.807, 2.05) is 11.9 Å². The number of halogens is 1. The number of aromatic nitrogens is 1. The average Bonchev–Trinajstić information content (AvgIpc) is 2.26. The number of pyridine rings is 1. The normalized spacial score (nSPS) is 22.4. The molecule has 1 aromatic heterocycles. The SMILES string of the molecule is CN(CC1CC(O)C1)c1ncc([N+](=O)[O-])cc1Br. The van der Waals surface area contributed by atoms with Crippen LogP contribution in [-0.2, 0) is 0 Å². The molecule has 7 heteroatoms. The first kappa shape index (κ1) is 13.2.